The lowest BCUT2D eigenvalue weighted by atomic mass is 10.1. The first kappa shape index (κ1) is 11.5. The van der Waals surface area contributed by atoms with E-state index in [-0.39, 0.29) is 6.17 Å². The molecule has 1 heterocycles. The Hall–Kier alpha value is -1.55. The van der Waals surface area contributed by atoms with Crippen molar-refractivity contribution in [2.24, 2.45) is 16.1 Å². The molecule has 0 radical (unpaired) electrons. The third kappa shape index (κ3) is 1.97. The quantitative estimate of drug-likeness (QED) is 0.611. The van der Waals surface area contributed by atoms with Crippen molar-refractivity contribution >= 4 is 17.3 Å². The molecule has 1 aliphatic carbocycles. The summed E-state index contributed by atoms with van der Waals surface area (Å²) < 4.78 is 0. The molecule has 0 spiro atoms. The molecule has 18 heavy (non-hydrogen) atoms. The van der Waals surface area contributed by atoms with Crippen molar-refractivity contribution in [3.05, 3.63) is 48.6 Å². The predicted octanol–water partition coefficient (Wildman–Crippen LogP) is 3.35. The van der Waals surface area contributed by atoms with Crippen LogP contribution in [-0.2, 0) is 0 Å². The third-order valence-electron chi connectivity index (χ3n) is 3.60. The van der Waals surface area contributed by atoms with Crippen LogP contribution in [-0.4, -0.2) is 22.7 Å². The first-order valence-corrected chi connectivity index (χ1v) is 6.59. The van der Waals surface area contributed by atoms with Gasteiger partial charge in [-0.1, -0.05) is 36.4 Å². The van der Waals surface area contributed by atoms with E-state index in [0.717, 1.165) is 6.54 Å². The van der Waals surface area contributed by atoms with E-state index in [4.69, 9.17) is 12.2 Å². The Balaban J connectivity index is 1.73. The van der Waals surface area contributed by atoms with Gasteiger partial charge in [-0.2, -0.15) is 5.11 Å². The lowest BCUT2D eigenvalue weighted by Gasteiger charge is -2.21. The van der Waals surface area contributed by atoms with Gasteiger partial charge >= 0.3 is 0 Å². The molecule has 0 N–H and O–H groups in total. The van der Waals surface area contributed by atoms with Crippen LogP contribution in [0.1, 0.15) is 17.9 Å². The van der Waals surface area contributed by atoms with Crippen LogP contribution in [0.15, 0.2) is 53.2 Å². The fourth-order valence-electron chi connectivity index (χ4n) is 2.61. The second-order valence-corrected chi connectivity index (χ2v) is 5.13. The Morgan fingerprint density at radius 3 is 2.89 bits per heavy atom. The maximum Gasteiger partial charge on any atom is 0.218 e. The van der Waals surface area contributed by atoms with E-state index in [2.05, 4.69) is 52.0 Å². The fourth-order valence-corrected chi connectivity index (χ4v) is 2.84. The molecular formula is C14H15N3S. The predicted molar refractivity (Wildman–Crippen MR) is 75.4 cm³/mol. The zero-order chi connectivity index (χ0) is 12.5. The van der Waals surface area contributed by atoms with Crippen molar-refractivity contribution in [1.29, 1.82) is 0 Å². The Morgan fingerprint density at radius 2 is 2.17 bits per heavy atom. The highest BCUT2D eigenvalue weighted by Gasteiger charge is 2.48. The van der Waals surface area contributed by atoms with E-state index in [9.17, 15) is 0 Å². The van der Waals surface area contributed by atoms with Crippen LogP contribution in [0, 0.1) is 5.92 Å². The maximum atomic E-state index is 5.20. The average Bonchev–Trinajstić information content (AvgIpc) is 3.12. The summed E-state index contributed by atoms with van der Waals surface area (Å²) in [7, 11) is 0. The zero-order valence-corrected chi connectivity index (χ0v) is 10.9. The molecule has 1 aromatic carbocycles. The molecule has 3 nitrogen and oxygen atoms in total. The van der Waals surface area contributed by atoms with Crippen LogP contribution in [0.2, 0.25) is 0 Å². The Labute approximate surface area is 112 Å². The summed E-state index contributed by atoms with van der Waals surface area (Å²) in [6, 6.07) is 10.6. The molecule has 1 saturated carbocycles. The monoisotopic (exact) mass is 257 g/mol. The van der Waals surface area contributed by atoms with E-state index in [1.54, 1.807) is 0 Å². The van der Waals surface area contributed by atoms with Crippen molar-refractivity contribution in [3.8, 4) is 0 Å². The normalized spacial score (nSPS) is 29.7. The number of benzene rings is 1. The molecule has 1 fully saturated rings. The summed E-state index contributed by atoms with van der Waals surface area (Å²) in [4.78, 5) is 2.07. The largest absolute Gasteiger partial charge is 0.318 e. The van der Waals surface area contributed by atoms with Gasteiger partial charge in [-0.25, -0.2) is 0 Å². The van der Waals surface area contributed by atoms with E-state index >= 15 is 0 Å². The van der Waals surface area contributed by atoms with Crippen molar-refractivity contribution in [2.75, 3.05) is 6.54 Å². The van der Waals surface area contributed by atoms with Gasteiger partial charge in [0.05, 0.1) is 0 Å². The Morgan fingerprint density at radius 1 is 1.39 bits per heavy atom. The number of hydrogen-bond acceptors (Lipinski definition) is 2. The Bertz CT molecular complexity index is 497. The van der Waals surface area contributed by atoms with Crippen LogP contribution in [0.4, 0.5) is 0 Å². The standard InChI is InChI=1S/C14H15N3S/c1-2-8-17-13(15-16-14(17)18)12-9-11(12)10-6-4-3-5-7-10/h2-7,11-13H,1,8-9H2. The Kier molecular flexibility index (Phi) is 2.96. The fraction of sp³-hybridized carbons (Fsp3) is 0.357. The van der Waals surface area contributed by atoms with Crippen LogP contribution in [0.3, 0.4) is 0 Å². The van der Waals surface area contributed by atoms with Gasteiger partial charge < -0.3 is 4.90 Å². The summed E-state index contributed by atoms with van der Waals surface area (Å²) in [6.45, 7) is 4.50. The van der Waals surface area contributed by atoms with Crippen molar-refractivity contribution in [2.45, 2.75) is 18.5 Å². The number of nitrogens with zero attached hydrogens (tertiary/aromatic N) is 3. The maximum absolute atomic E-state index is 5.20. The highest BCUT2D eigenvalue weighted by atomic mass is 32.1. The SMILES string of the molecule is C=CCN1C(=S)N=NC1C1CC1c1ccccc1. The molecule has 4 heteroatoms. The number of rotatable bonds is 4. The van der Waals surface area contributed by atoms with E-state index in [1.165, 1.54) is 12.0 Å². The van der Waals surface area contributed by atoms with E-state index in [1.807, 2.05) is 6.08 Å². The summed E-state index contributed by atoms with van der Waals surface area (Å²) in [5.74, 6) is 1.14. The van der Waals surface area contributed by atoms with E-state index < -0.39 is 0 Å². The van der Waals surface area contributed by atoms with Crippen LogP contribution in [0.5, 0.6) is 0 Å². The number of thiocarbonyl (C=S) groups is 1. The molecule has 0 saturated heterocycles. The summed E-state index contributed by atoms with van der Waals surface area (Å²) >= 11 is 5.20. The highest BCUT2D eigenvalue weighted by molar-refractivity contribution is 7.80. The molecule has 0 amide bonds. The van der Waals surface area contributed by atoms with Crippen LogP contribution >= 0.6 is 12.2 Å². The lowest BCUT2D eigenvalue weighted by molar-refractivity contribution is 0.330. The molecule has 2 aliphatic rings. The number of hydrogen-bond donors (Lipinski definition) is 0. The minimum absolute atomic E-state index is 0.112. The van der Waals surface area contributed by atoms with Crippen LogP contribution < -0.4 is 0 Å². The van der Waals surface area contributed by atoms with Gasteiger partial charge in [0.2, 0.25) is 5.11 Å². The molecule has 0 bridgehead atoms. The summed E-state index contributed by atoms with van der Waals surface area (Å²) in [6.07, 6.45) is 3.14. The summed E-state index contributed by atoms with van der Waals surface area (Å²) in [5, 5.41) is 8.95. The van der Waals surface area contributed by atoms with Gasteiger partial charge in [0.25, 0.3) is 0 Å². The van der Waals surface area contributed by atoms with Gasteiger partial charge in [0.15, 0.2) is 0 Å². The molecule has 3 unspecified atom stereocenters. The second kappa shape index (κ2) is 4.61. The lowest BCUT2D eigenvalue weighted by Crippen LogP contribution is -2.34. The molecule has 92 valence electrons. The molecule has 3 rings (SSSR count). The first-order chi connectivity index (χ1) is 8.81. The molecule has 1 aromatic rings. The van der Waals surface area contributed by atoms with Gasteiger partial charge in [-0.05, 0) is 30.1 Å². The van der Waals surface area contributed by atoms with Crippen molar-refractivity contribution in [1.82, 2.24) is 4.90 Å². The van der Waals surface area contributed by atoms with Gasteiger partial charge in [-0.15, -0.1) is 11.7 Å². The van der Waals surface area contributed by atoms with E-state index in [0.29, 0.717) is 16.9 Å². The van der Waals surface area contributed by atoms with Gasteiger partial charge in [-0.3, -0.25) is 0 Å². The highest BCUT2D eigenvalue weighted by Crippen LogP contribution is 2.52. The zero-order valence-electron chi connectivity index (χ0n) is 10.1. The molecule has 1 aliphatic heterocycles. The smallest absolute Gasteiger partial charge is 0.218 e. The number of azo groups is 1. The van der Waals surface area contributed by atoms with Crippen molar-refractivity contribution in [3.63, 3.8) is 0 Å². The minimum atomic E-state index is 0.112. The van der Waals surface area contributed by atoms with Crippen molar-refractivity contribution < 1.29 is 0 Å². The minimum Gasteiger partial charge on any atom is -0.318 e. The average molecular weight is 257 g/mol. The first-order valence-electron chi connectivity index (χ1n) is 6.18. The second-order valence-electron chi connectivity index (χ2n) is 4.77. The van der Waals surface area contributed by atoms with Crippen LogP contribution in [0.25, 0.3) is 0 Å². The third-order valence-corrected chi connectivity index (χ3v) is 3.92. The molecule has 3 atom stereocenters. The molecular weight excluding hydrogens is 242 g/mol. The topological polar surface area (TPSA) is 28.0 Å². The van der Waals surface area contributed by atoms with Gasteiger partial charge in [0, 0.05) is 12.5 Å². The summed E-state index contributed by atoms with van der Waals surface area (Å²) in [5.41, 5.74) is 1.40. The molecule has 0 aromatic heterocycles. The van der Waals surface area contributed by atoms with Gasteiger partial charge in [0.1, 0.15) is 6.17 Å².